The van der Waals surface area contributed by atoms with Crippen LogP contribution >= 0.6 is 23.1 Å². The molecule has 0 bridgehead atoms. The van der Waals surface area contributed by atoms with Crippen LogP contribution in [0.2, 0.25) is 0 Å². The zero-order valence-corrected chi connectivity index (χ0v) is 18.9. The van der Waals surface area contributed by atoms with E-state index in [4.69, 9.17) is 10.1 Å². The van der Waals surface area contributed by atoms with Gasteiger partial charge in [-0.2, -0.15) is 19.9 Å². The minimum absolute atomic E-state index is 0.140. The third kappa shape index (κ3) is 2.87. The lowest BCUT2D eigenvalue weighted by Gasteiger charge is -2.16. The molecule has 158 valence electrons. The molecule has 8 nitrogen and oxygen atoms in total. The molecule has 0 amide bonds. The minimum atomic E-state index is -0.140. The highest BCUT2D eigenvalue weighted by atomic mass is 32.2. The number of nitrogens with one attached hydrogen (secondary N) is 1. The van der Waals surface area contributed by atoms with Crippen LogP contribution in [0.4, 0.5) is 0 Å². The van der Waals surface area contributed by atoms with Gasteiger partial charge in [-0.15, -0.1) is 11.3 Å². The Morgan fingerprint density at radius 1 is 1.12 bits per heavy atom. The maximum Gasteiger partial charge on any atom is 0.284 e. The fraction of sp³-hybridized carbons (Fsp3) is 0.136. The summed E-state index contributed by atoms with van der Waals surface area (Å²) in [5.74, 6) is 1.29. The summed E-state index contributed by atoms with van der Waals surface area (Å²) in [5, 5.41) is 14.9. The summed E-state index contributed by atoms with van der Waals surface area (Å²) >= 11 is 3.02. The highest BCUT2D eigenvalue weighted by molar-refractivity contribution is 7.99. The highest BCUT2D eigenvalue weighted by Crippen LogP contribution is 2.33. The Labute approximate surface area is 190 Å². The molecule has 0 radical (unpaired) electrons. The van der Waals surface area contributed by atoms with Crippen LogP contribution < -0.4 is 5.56 Å². The lowest BCUT2D eigenvalue weighted by Crippen LogP contribution is -2.25. The van der Waals surface area contributed by atoms with Crippen molar-refractivity contribution in [1.82, 2.24) is 29.4 Å². The van der Waals surface area contributed by atoms with Crippen LogP contribution in [-0.4, -0.2) is 40.9 Å². The zero-order chi connectivity index (χ0) is 21.8. The van der Waals surface area contributed by atoms with E-state index in [9.17, 15) is 4.79 Å². The summed E-state index contributed by atoms with van der Waals surface area (Å²) in [4.78, 5) is 23.3. The van der Waals surface area contributed by atoms with Gasteiger partial charge in [0.1, 0.15) is 11.2 Å². The maximum absolute atomic E-state index is 13.5. The Kier molecular flexibility index (Phi) is 4.37. The zero-order valence-electron chi connectivity index (χ0n) is 17.2. The third-order valence-electron chi connectivity index (χ3n) is 5.56. The van der Waals surface area contributed by atoms with Gasteiger partial charge < -0.3 is 0 Å². The van der Waals surface area contributed by atoms with E-state index >= 15 is 0 Å². The van der Waals surface area contributed by atoms with E-state index in [1.807, 2.05) is 54.1 Å². The average molecular weight is 460 g/mol. The topological polar surface area (TPSA) is 93.8 Å². The van der Waals surface area contributed by atoms with Gasteiger partial charge in [-0.05, 0) is 25.5 Å². The molecule has 1 aliphatic rings. The largest absolute Gasteiger partial charge is 0.287 e. The molecule has 0 spiro atoms. The summed E-state index contributed by atoms with van der Waals surface area (Å²) in [5.41, 5.74) is 5.58. The first-order valence-corrected chi connectivity index (χ1v) is 11.8. The summed E-state index contributed by atoms with van der Waals surface area (Å²) in [6.07, 6.45) is 1.49. The summed E-state index contributed by atoms with van der Waals surface area (Å²) < 4.78 is 3.45. The SMILES string of the molecule is Cc1cc(C2=Nn3c(nc4scc(-c5ccccc5)c4c3=O)SC2)c(C)n1-c1ncn[nH]1. The molecule has 6 rings (SSSR count). The molecule has 1 aromatic carbocycles. The fourth-order valence-corrected chi connectivity index (χ4v) is 5.95. The molecule has 32 heavy (non-hydrogen) atoms. The van der Waals surface area contributed by atoms with E-state index < -0.39 is 0 Å². The monoisotopic (exact) mass is 459 g/mol. The second-order valence-corrected chi connectivity index (χ2v) is 9.27. The van der Waals surface area contributed by atoms with Gasteiger partial charge in [0.25, 0.3) is 5.56 Å². The van der Waals surface area contributed by atoms with Crippen LogP contribution in [0.3, 0.4) is 0 Å². The van der Waals surface area contributed by atoms with E-state index in [-0.39, 0.29) is 5.56 Å². The Morgan fingerprint density at radius 2 is 1.97 bits per heavy atom. The minimum Gasteiger partial charge on any atom is -0.287 e. The van der Waals surface area contributed by atoms with Crippen LogP contribution in [0.5, 0.6) is 0 Å². The van der Waals surface area contributed by atoms with Crippen LogP contribution in [0, 0.1) is 13.8 Å². The van der Waals surface area contributed by atoms with E-state index in [1.165, 1.54) is 34.1 Å². The predicted molar refractivity (Wildman–Crippen MR) is 127 cm³/mol. The third-order valence-corrected chi connectivity index (χ3v) is 7.37. The van der Waals surface area contributed by atoms with E-state index in [2.05, 4.69) is 21.2 Å². The standard InChI is InChI=1S/C22H17N7OS2/c1-12-8-15(13(2)28(12)21-23-11-24-26-21)17-10-32-22-25-19-18(20(30)29(22)27-17)16(9-31-19)14-6-4-3-5-7-14/h3-9,11H,10H2,1-2H3,(H,23,24,26). The van der Waals surface area contributed by atoms with Crippen molar-refractivity contribution in [3.05, 3.63) is 75.4 Å². The maximum atomic E-state index is 13.5. The predicted octanol–water partition coefficient (Wildman–Crippen LogP) is 4.01. The summed E-state index contributed by atoms with van der Waals surface area (Å²) in [6, 6.07) is 12.0. The number of nitrogens with zero attached hydrogens (tertiary/aromatic N) is 6. The normalized spacial score (nSPS) is 13.4. The average Bonchev–Trinajstić information content (AvgIpc) is 3.54. The molecular formula is C22H17N7OS2. The van der Waals surface area contributed by atoms with E-state index in [0.717, 1.165) is 38.6 Å². The Hall–Kier alpha value is -3.50. The number of H-pyrrole nitrogens is 1. The Bertz CT molecular complexity index is 1560. The van der Waals surface area contributed by atoms with Crippen molar-refractivity contribution in [2.75, 3.05) is 5.75 Å². The molecule has 0 atom stereocenters. The van der Waals surface area contributed by atoms with Gasteiger partial charge in [-0.25, -0.2) is 10.1 Å². The van der Waals surface area contributed by atoms with Gasteiger partial charge in [0.15, 0.2) is 5.16 Å². The van der Waals surface area contributed by atoms with Crippen LogP contribution in [0.15, 0.2) is 63.2 Å². The van der Waals surface area contributed by atoms with E-state index in [1.54, 1.807) is 0 Å². The number of aromatic nitrogens is 6. The van der Waals surface area contributed by atoms with Crippen molar-refractivity contribution < 1.29 is 0 Å². The molecule has 1 aliphatic heterocycles. The first-order valence-electron chi connectivity index (χ1n) is 9.97. The molecule has 0 unspecified atom stereocenters. The number of thioether (sulfide) groups is 1. The van der Waals surface area contributed by atoms with Crippen LogP contribution in [0.25, 0.3) is 27.3 Å². The van der Waals surface area contributed by atoms with Gasteiger partial charge in [0.05, 0.1) is 11.1 Å². The molecular weight excluding hydrogens is 442 g/mol. The van der Waals surface area contributed by atoms with Gasteiger partial charge in [0, 0.05) is 33.6 Å². The van der Waals surface area contributed by atoms with Gasteiger partial charge in [0.2, 0.25) is 5.95 Å². The van der Waals surface area contributed by atoms with Gasteiger partial charge in [-0.1, -0.05) is 42.1 Å². The number of hydrogen-bond donors (Lipinski definition) is 1. The molecule has 10 heteroatoms. The number of thiophene rings is 1. The number of benzene rings is 1. The first-order chi connectivity index (χ1) is 15.6. The van der Waals surface area contributed by atoms with Crippen molar-refractivity contribution in [3.8, 4) is 17.1 Å². The number of rotatable bonds is 3. The van der Waals surface area contributed by atoms with Crippen LogP contribution in [-0.2, 0) is 0 Å². The highest BCUT2D eigenvalue weighted by Gasteiger charge is 2.24. The number of aryl methyl sites for hydroxylation is 1. The van der Waals surface area contributed by atoms with Crippen molar-refractivity contribution in [2.24, 2.45) is 5.10 Å². The van der Waals surface area contributed by atoms with Gasteiger partial charge in [-0.3, -0.25) is 9.36 Å². The smallest absolute Gasteiger partial charge is 0.284 e. The molecule has 0 aliphatic carbocycles. The quantitative estimate of drug-likeness (QED) is 0.412. The second kappa shape index (κ2) is 7.28. The van der Waals surface area contributed by atoms with Crippen molar-refractivity contribution >= 4 is 39.0 Å². The van der Waals surface area contributed by atoms with Crippen molar-refractivity contribution in [1.29, 1.82) is 0 Å². The summed E-state index contributed by atoms with van der Waals surface area (Å²) in [7, 11) is 0. The molecule has 0 fully saturated rings. The first kappa shape index (κ1) is 19.2. The molecule has 5 aromatic rings. The van der Waals surface area contributed by atoms with Gasteiger partial charge >= 0.3 is 0 Å². The summed E-state index contributed by atoms with van der Waals surface area (Å²) in [6.45, 7) is 4.03. The number of hydrogen-bond acceptors (Lipinski definition) is 7. The molecule has 1 N–H and O–H groups in total. The van der Waals surface area contributed by atoms with Crippen LogP contribution in [0.1, 0.15) is 17.0 Å². The lowest BCUT2D eigenvalue weighted by molar-refractivity contribution is 0.700. The number of fused-ring (bicyclic) bond motifs is 2. The fourth-order valence-electron chi connectivity index (χ4n) is 4.08. The Balaban J connectivity index is 1.52. The van der Waals surface area contributed by atoms with Crippen molar-refractivity contribution in [2.45, 2.75) is 19.0 Å². The lowest BCUT2D eigenvalue weighted by atomic mass is 10.1. The number of aromatic amines is 1. The Morgan fingerprint density at radius 3 is 2.75 bits per heavy atom. The van der Waals surface area contributed by atoms with E-state index in [0.29, 0.717) is 22.2 Å². The molecule has 4 aromatic heterocycles. The second-order valence-electron chi connectivity index (χ2n) is 7.47. The molecule has 0 saturated heterocycles. The molecule has 5 heterocycles. The van der Waals surface area contributed by atoms with Crippen molar-refractivity contribution in [3.63, 3.8) is 0 Å². The molecule has 0 saturated carbocycles.